The molecule has 3 aromatic carbocycles. The van der Waals surface area contributed by atoms with Crippen molar-refractivity contribution in [3.8, 4) is 11.5 Å². The van der Waals surface area contributed by atoms with Crippen molar-refractivity contribution in [1.82, 2.24) is 25.1 Å². The fourth-order valence-corrected chi connectivity index (χ4v) is 4.62. The summed E-state index contributed by atoms with van der Waals surface area (Å²) in [7, 11) is 3.32. The zero-order valence-corrected chi connectivity index (χ0v) is 20.4. The lowest BCUT2D eigenvalue weighted by Crippen LogP contribution is -2.48. The second-order valence-corrected chi connectivity index (χ2v) is 8.72. The first-order chi connectivity index (χ1) is 17.6. The van der Waals surface area contributed by atoms with Crippen LogP contribution in [0.2, 0.25) is 0 Å². The Morgan fingerprint density at radius 2 is 1.42 bits per heavy atom. The van der Waals surface area contributed by atoms with Crippen molar-refractivity contribution in [2.75, 3.05) is 45.3 Å². The molecule has 186 valence electrons. The highest BCUT2D eigenvalue weighted by molar-refractivity contribution is 5.47. The van der Waals surface area contributed by atoms with E-state index in [4.69, 9.17) is 9.47 Å². The number of hydrogen-bond acceptors (Lipinski definition) is 7. The molecule has 1 fully saturated rings. The smallest absolute Gasteiger partial charge is 0.173 e. The van der Waals surface area contributed by atoms with Crippen molar-refractivity contribution in [2.45, 2.75) is 12.6 Å². The van der Waals surface area contributed by atoms with E-state index in [0.29, 0.717) is 6.54 Å². The summed E-state index contributed by atoms with van der Waals surface area (Å²) in [5, 5.41) is 12.8. The SMILES string of the molecule is COc1ccc(Cn2nnnc2[C@@H](c2ccc(OC)cc2)N2CCN(c3ccc(F)cc3)CC2)cc1. The molecule has 5 rings (SSSR count). The molecule has 0 amide bonds. The highest BCUT2D eigenvalue weighted by atomic mass is 19.1. The quantitative estimate of drug-likeness (QED) is 0.374. The van der Waals surface area contributed by atoms with Crippen LogP contribution in [0.15, 0.2) is 72.8 Å². The second-order valence-electron chi connectivity index (χ2n) is 8.72. The van der Waals surface area contributed by atoms with Crippen LogP contribution in [-0.4, -0.2) is 65.5 Å². The number of piperazine rings is 1. The molecule has 1 aromatic heterocycles. The van der Waals surface area contributed by atoms with Gasteiger partial charge in [0.2, 0.25) is 0 Å². The van der Waals surface area contributed by atoms with Crippen LogP contribution in [0.5, 0.6) is 11.5 Å². The van der Waals surface area contributed by atoms with Crippen LogP contribution in [0.4, 0.5) is 10.1 Å². The minimum absolute atomic E-state index is 0.125. The monoisotopic (exact) mass is 488 g/mol. The van der Waals surface area contributed by atoms with Gasteiger partial charge in [-0.3, -0.25) is 4.90 Å². The van der Waals surface area contributed by atoms with Crippen LogP contribution < -0.4 is 14.4 Å². The summed E-state index contributed by atoms with van der Waals surface area (Å²) in [6.45, 7) is 3.80. The number of hydrogen-bond donors (Lipinski definition) is 0. The average Bonchev–Trinajstić information content (AvgIpc) is 3.38. The average molecular weight is 489 g/mol. The van der Waals surface area contributed by atoms with E-state index in [1.165, 1.54) is 12.1 Å². The lowest BCUT2D eigenvalue weighted by atomic mass is 10.0. The van der Waals surface area contributed by atoms with Gasteiger partial charge >= 0.3 is 0 Å². The fraction of sp³-hybridized carbons (Fsp3) is 0.296. The van der Waals surface area contributed by atoms with Gasteiger partial charge in [0.25, 0.3) is 0 Å². The van der Waals surface area contributed by atoms with Crippen LogP contribution in [0.25, 0.3) is 0 Å². The van der Waals surface area contributed by atoms with Crippen molar-refractivity contribution in [3.05, 3.63) is 95.6 Å². The first kappa shape index (κ1) is 23.7. The molecule has 0 N–H and O–H groups in total. The number of benzene rings is 3. The van der Waals surface area contributed by atoms with E-state index in [1.54, 1.807) is 14.2 Å². The molecule has 0 spiro atoms. The highest BCUT2D eigenvalue weighted by Crippen LogP contribution is 2.30. The van der Waals surface area contributed by atoms with Gasteiger partial charge in [0.05, 0.1) is 26.8 Å². The zero-order valence-electron chi connectivity index (χ0n) is 20.4. The summed E-state index contributed by atoms with van der Waals surface area (Å²) in [6.07, 6.45) is 0. The summed E-state index contributed by atoms with van der Waals surface area (Å²) in [5.74, 6) is 2.18. The number of methoxy groups -OCH3 is 2. The molecule has 2 heterocycles. The molecule has 8 nitrogen and oxygen atoms in total. The van der Waals surface area contributed by atoms with E-state index in [1.807, 2.05) is 53.2 Å². The van der Waals surface area contributed by atoms with Gasteiger partial charge in [0, 0.05) is 31.9 Å². The molecule has 0 unspecified atom stereocenters. The van der Waals surface area contributed by atoms with Gasteiger partial charge in [-0.05, 0) is 70.1 Å². The third-order valence-electron chi connectivity index (χ3n) is 6.60. The Hall–Kier alpha value is -3.98. The summed E-state index contributed by atoms with van der Waals surface area (Å²) in [5.41, 5.74) is 3.21. The van der Waals surface area contributed by atoms with Gasteiger partial charge in [0.15, 0.2) is 5.82 Å². The van der Waals surface area contributed by atoms with E-state index in [-0.39, 0.29) is 11.9 Å². The Morgan fingerprint density at radius 3 is 2.03 bits per heavy atom. The van der Waals surface area contributed by atoms with Gasteiger partial charge in [-0.1, -0.05) is 24.3 Å². The van der Waals surface area contributed by atoms with Gasteiger partial charge in [-0.15, -0.1) is 5.10 Å². The number of tetrazole rings is 1. The van der Waals surface area contributed by atoms with Gasteiger partial charge in [-0.2, -0.15) is 0 Å². The number of anilines is 1. The van der Waals surface area contributed by atoms with Gasteiger partial charge < -0.3 is 14.4 Å². The molecule has 1 atom stereocenters. The van der Waals surface area contributed by atoms with E-state index >= 15 is 0 Å². The molecule has 0 aliphatic carbocycles. The summed E-state index contributed by atoms with van der Waals surface area (Å²) in [6, 6.07) is 22.6. The molecule has 1 aliphatic rings. The van der Waals surface area contributed by atoms with Crippen LogP contribution in [0, 0.1) is 5.82 Å². The topological polar surface area (TPSA) is 68.5 Å². The van der Waals surface area contributed by atoms with Crippen molar-refractivity contribution >= 4 is 5.69 Å². The summed E-state index contributed by atoms with van der Waals surface area (Å²) < 4.78 is 25.9. The van der Waals surface area contributed by atoms with Gasteiger partial charge in [0.1, 0.15) is 17.3 Å². The van der Waals surface area contributed by atoms with Crippen LogP contribution in [0.3, 0.4) is 0 Å². The Balaban J connectivity index is 1.41. The highest BCUT2D eigenvalue weighted by Gasteiger charge is 2.31. The second kappa shape index (κ2) is 10.7. The Labute approximate surface area is 209 Å². The molecule has 9 heteroatoms. The van der Waals surface area contributed by atoms with E-state index in [9.17, 15) is 4.39 Å². The zero-order chi connectivity index (χ0) is 24.9. The molecule has 1 aliphatic heterocycles. The molecule has 0 saturated carbocycles. The predicted molar refractivity (Wildman–Crippen MR) is 135 cm³/mol. The first-order valence-corrected chi connectivity index (χ1v) is 11.9. The van der Waals surface area contributed by atoms with E-state index in [2.05, 4.69) is 37.5 Å². The molecular weight excluding hydrogens is 459 g/mol. The van der Waals surface area contributed by atoms with Gasteiger partial charge in [-0.25, -0.2) is 9.07 Å². The summed E-state index contributed by atoms with van der Waals surface area (Å²) in [4.78, 5) is 4.68. The molecular formula is C27H29FN6O2. The van der Waals surface area contributed by atoms with Crippen molar-refractivity contribution in [2.24, 2.45) is 0 Å². The first-order valence-electron chi connectivity index (χ1n) is 11.9. The third-order valence-corrected chi connectivity index (χ3v) is 6.60. The normalized spacial score (nSPS) is 15.0. The maximum absolute atomic E-state index is 13.4. The van der Waals surface area contributed by atoms with Crippen molar-refractivity contribution in [3.63, 3.8) is 0 Å². The van der Waals surface area contributed by atoms with Crippen molar-refractivity contribution < 1.29 is 13.9 Å². The Morgan fingerprint density at radius 1 is 0.806 bits per heavy atom. The van der Waals surface area contributed by atoms with Crippen LogP contribution in [0.1, 0.15) is 23.0 Å². The Kier molecular flexibility index (Phi) is 7.08. The van der Waals surface area contributed by atoms with E-state index < -0.39 is 0 Å². The maximum atomic E-state index is 13.4. The maximum Gasteiger partial charge on any atom is 0.173 e. The minimum Gasteiger partial charge on any atom is -0.497 e. The third kappa shape index (κ3) is 5.16. The van der Waals surface area contributed by atoms with Crippen molar-refractivity contribution in [1.29, 1.82) is 0 Å². The molecule has 4 aromatic rings. The standard InChI is InChI=1S/C27H29FN6O2/c1-35-24-11-3-20(4-12-24)19-34-27(29-30-31-34)26(21-5-13-25(36-2)14-6-21)33-17-15-32(16-18-33)23-9-7-22(28)8-10-23/h3-14,26H,15-19H2,1-2H3/t26-/m1/s1. The predicted octanol–water partition coefficient (Wildman–Crippen LogP) is 3.79. The lowest BCUT2D eigenvalue weighted by molar-refractivity contribution is 0.201. The number of ether oxygens (including phenoxy) is 2. The molecule has 0 radical (unpaired) electrons. The number of aromatic nitrogens is 4. The summed E-state index contributed by atoms with van der Waals surface area (Å²) >= 11 is 0. The fourth-order valence-electron chi connectivity index (χ4n) is 4.62. The number of halogens is 1. The number of rotatable bonds is 8. The molecule has 36 heavy (non-hydrogen) atoms. The van der Waals surface area contributed by atoms with Crippen LogP contribution >= 0.6 is 0 Å². The molecule has 1 saturated heterocycles. The van der Waals surface area contributed by atoms with E-state index in [0.717, 1.165) is 60.3 Å². The Bertz CT molecular complexity index is 1250. The molecule has 0 bridgehead atoms. The largest absolute Gasteiger partial charge is 0.497 e. The minimum atomic E-state index is -0.222. The lowest BCUT2D eigenvalue weighted by Gasteiger charge is -2.40. The van der Waals surface area contributed by atoms with Crippen LogP contribution in [-0.2, 0) is 6.54 Å². The number of nitrogens with zero attached hydrogens (tertiary/aromatic N) is 6.